The molecule has 0 saturated heterocycles. The molecule has 94 valence electrons. The van der Waals surface area contributed by atoms with Gasteiger partial charge in [-0.2, -0.15) is 0 Å². The molecule has 17 heavy (non-hydrogen) atoms. The Morgan fingerprint density at radius 2 is 2.00 bits per heavy atom. The largest absolute Gasteiger partial charge is 0.349 e. The van der Waals surface area contributed by atoms with Crippen molar-refractivity contribution < 1.29 is 9.18 Å². The summed E-state index contributed by atoms with van der Waals surface area (Å²) in [4.78, 5) is 11.8. The lowest BCUT2D eigenvalue weighted by molar-refractivity contribution is 0.0932. The highest BCUT2D eigenvalue weighted by atomic mass is 19.1. The average molecular weight is 237 g/mol. The van der Waals surface area contributed by atoms with Gasteiger partial charge in [-0.15, -0.1) is 0 Å². The molecule has 0 radical (unpaired) electrons. The van der Waals surface area contributed by atoms with Crippen molar-refractivity contribution in [1.29, 1.82) is 0 Å². The van der Waals surface area contributed by atoms with Gasteiger partial charge < -0.3 is 5.32 Å². The molecule has 0 heterocycles. The average Bonchev–Trinajstić information content (AvgIpc) is 2.15. The van der Waals surface area contributed by atoms with Crippen LogP contribution in [0.1, 0.15) is 43.1 Å². The van der Waals surface area contributed by atoms with E-state index in [0.29, 0.717) is 5.92 Å². The van der Waals surface area contributed by atoms with E-state index in [2.05, 4.69) is 19.2 Å². The summed E-state index contributed by atoms with van der Waals surface area (Å²) in [6.45, 7) is 7.92. The number of carbonyl (C=O) groups excluding carboxylic acids is 1. The molecule has 1 rings (SSSR count). The molecule has 1 aromatic rings. The van der Waals surface area contributed by atoms with Crippen molar-refractivity contribution in [2.75, 3.05) is 0 Å². The predicted octanol–water partition coefficient (Wildman–Crippen LogP) is 3.30. The second kappa shape index (κ2) is 5.80. The molecule has 0 aliphatic rings. The van der Waals surface area contributed by atoms with Crippen LogP contribution in [-0.4, -0.2) is 11.9 Å². The maximum atomic E-state index is 13.6. The number of rotatable bonds is 4. The number of hydrogen-bond acceptors (Lipinski definition) is 1. The Kier molecular flexibility index (Phi) is 4.67. The lowest BCUT2D eigenvalue weighted by atomic mass is 10.0. The minimum absolute atomic E-state index is 0.0585. The van der Waals surface area contributed by atoms with E-state index in [9.17, 15) is 9.18 Å². The summed E-state index contributed by atoms with van der Waals surface area (Å²) in [6, 6.07) is 4.71. The summed E-state index contributed by atoms with van der Waals surface area (Å²) >= 11 is 0. The number of amides is 1. The molecular formula is C14H20FNO. The van der Waals surface area contributed by atoms with Crippen molar-refractivity contribution in [3.05, 3.63) is 35.1 Å². The van der Waals surface area contributed by atoms with E-state index in [1.807, 2.05) is 6.92 Å². The first-order valence-electron chi connectivity index (χ1n) is 5.97. The molecule has 0 fully saturated rings. The van der Waals surface area contributed by atoms with Gasteiger partial charge in [-0.3, -0.25) is 4.79 Å². The molecule has 0 spiro atoms. The van der Waals surface area contributed by atoms with Crippen LogP contribution in [0.4, 0.5) is 4.39 Å². The van der Waals surface area contributed by atoms with E-state index in [4.69, 9.17) is 0 Å². The first-order chi connectivity index (χ1) is 7.90. The number of halogens is 1. The Morgan fingerprint density at radius 1 is 1.35 bits per heavy atom. The fourth-order valence-corrected chi connectivity index (χ4v) is 1.87. The van der Waals surface area contributed by atoms with Gasteiger partial charge in [-0.05, 0) is 43.9 Å². The molecule has 0 aromatic heterocycles. The smallest absolute Gasteiger partial charge is 0.254 e. The fraction of sp³-hybridized carbons (Fsp3) is 0.500. The summed E-state index contributed by atoms with van der Waals surface area (Å²) in [5, 5.41) is 2.81. The maximum absolute atomic E-state index is 13.6. The van der Waals surface area contributed by atoms with E-state index in [0.717, 1.165) is 12.0 Å². The molecule has 1 aromatic carbocycles. The fourth-order valence-electron chi connectivity index (χ4n) is 1.87. The molecule has 0 aliphatic heterocycles. The van der Waals surface area contributed by atoms with Crippen LogP contribution in [0, 0.1) is 18.7 Å². The summed E-state index contributed by atoms with van der Waals surface area (Å²) in [7, 11) is 0. The standard InChI is InChI=1S/C14H20FNO/c1-9(2)7-11(4)16-14(17)12-6-5-10(3)8-13(12)15/h5-6,8-9,11H,7H2,1-4H3,(H,16,17). The van der Waals surface area contributed by atoms with Crippen molar-refractivity contribution in [2.24, 2.45) is 5.92 Å². The molecule has 2 nitrogen and oxygen atoms in total. The zero-order valence-corrected chi connectivity index (χ0v) is 10.9. The van der Waals surface area contributed by atoms with Crippen molar-refractivity contribution >= 4 is 5.91 Å². The predicted molar refractivity (Wildman–Crippen MR) is 67.5 cm³/mol. The van der Waals surface area contributed by atoms with Gasteiger partial charge in [0.2, 0.25) is 0 Å². The van der Waals surface area contributed by atoms with Crippen LogP contribution in [0.15, 0.2) is 18.2 Å². The minimum atomic E-state index is -0.459. The summed E-state index contributed by atoms with van der Waals surface area (Å²) in [5.41, 5.74) is 0.931. The highest BCUT2D eigenvalue weighted by molar-refractivity contribution is 5.94. The van der Waals surface area contributed by atoms with E-state index in [1.165, 1.54) is 12.1 Å². The van der Waals surface area contributed by atoms with Gasteiger partial charge in [-0.1, -0.05) is 19.9 Å². The maximum Gasteiger partial charge on any atom is 0.254 e. The van der Waals surface area contributed by atoms with Gasteiger partial charge in [0, 0.05) is 6.04 Å². The Balaban J connectivity index is 2.70. The van der Waals surface area contributed by atoms with Crippen molar-refractivity contribution in [3.8, 4) is 0 Å². The van der Waals surface area contributed by atoms with E-state index in [-0.39, 0.29) is 17.5 Å². The molecule has 1 amide bonds. The van der Waals surface area contributed by atoms with Crippen molar-refractivity contribution in [3.63, 3.8) is 0 Å². The number of carbonyl (C=O) groups is 1. The molecular weight excluding hydrogens is 217 g/mol. The second-order valence-electron chi connectivity index (χ2n) is 4.99. The van der Waals surface area contributed by atoms with Crippen LogP contribution in [-0.2, 0) is 0 Å². The highest BCUT2D eigenvalue weighted by Crippen LogP contribution is 2.11. The van der Waals surface area contributed by atoms with Crippen LogP contribution >= 0.6 is 0 Å². The third-order valence-corrected chi connectivity index (χ3v) is 2.57. The van der Waals surface area contributed by atoms with Crippen LogP contribution in [0.25, 0.3) is 0 Å². The Labute approximate surface area is 102 Å². The number of aryl methyl sites for hydroxylation is 1. The normalized spacial score (nSPS) is 12.6. The molecule has 3 heteroatoms. The van der Waals surface area contributed by atoms with Gasteiger partial charge in [0.05, 0.1) is 5.56 Å². The van der Waals surface area contributed by atoms with Gasteiger partial charge in [0.25, 0.3) is 5.91 Å². The number of nitrogens with one attached hydrogen (secondary N) is 1. The lowest BCUT2D eigenvalue weighted by Crippen LogP contribution is -2.34. The lowest BCUT2D eigenvalue weighted by Gasteiger charge is -2.16. The second-order valence-corrected chi connectivity index (χ2v) is 4.99. The molecule has 0 saturated carbocycles. The molecule has 0 aliphatic carbocycles. The zero-order chi connectivity index (χ0) is 13.0. The van der Waals surface area contributed by atoms with Crippen LogP contribution in [0.2, 0.25) is 0 Å². The number of hydrogen-bond donors (Lipinski definition) is 1. The molecule has 1 N–H and O–H groups in total. The van der Waals surface area contributed by atoms with Crippen LogP contribution in [0.3, 0.4) is 0 Å². The van der Waals surface area contributed by atoms with Crippen LogP contribution < -0.4 is 5.32 Å². The monoisotopic (exact) mass is 237 g/mol. The highest BCUT2D eigenvalue weighted by Gasteiger charge is 2.14. The minimum Gasteiger partial charge on any atom is -0.349 e. The quantitative estimate of drug-likeness (QED) is 0.855. The first kappa shape index (κ1) is 13.7. The van der Waals surface area contributed by atoms with Crippen molar-refractivity contribution in [1.82, 2.24) is 5.32 Å². The topological polar surface area (TPSA) is 29.1 Å². The van der Waals surface area contributed by atoms with E-state index >= 15 is 0 Å². The summed E-state index contributed by atoms with van der Waals surface area (Å²) < 4.78 is 13.6. The summed E-state index contributed by atoms with van der Waals surface area (Å²) in [5.74, 6) is -0.289. The molecule has 1 atom stereocenters. The van der Waals surface area contributed by atoms with Gasteiger partial charge in [0.1, 0.15) is 5.82 Å². The van der Waals surface area contributed by atoms with Crippen molar-refractivity contribution in [2.45, 2.75) is 40.2 Å². The van der Waals surface area contributed by atoms with E-state index in [1.54, 1.807) is 13.0 Å². The number of benzene rings is 1. The van der Waals surface area contributed by atoms with Gasteiger partial charge >= 0.3 is 0 Å². The Hall–Kier alpha value is -1.38. The Bertz CT molecular complexity index is 401. The first-order valence-corrected chi connectivity index (χ1v) is 5.97. The third kappa shape index (κ3) is 4.17. The van der Waals surface area contributed by atoms with Crippen LogP contribution in [0.5, 0.6) is 0 Å². The summed E-state index contributed by atoms with van der Waals surface area (Å²) in [6.07, 6.45) is 0.888. The molecule has 1 unspecified atom stereocenters. The molecule has 0 bridgehead atoms. The van der Waals surface area contributed by atoms with E-state index < -0.39 is 5.82 Å². The van der Waals surface area contributed by atoms with Gasteiger partial charge in [-0.25, -0.2) is 4.39 Å². The zero-order valence-electron chi connectivity index (χ0n) is 10.9. The Morgan fingerprint density at radius 3 is 2.53 bits per heavy atom. The third-order valence-electron chi connectivity index (χ3n) is 2.57. The SMILES string of the molecule is Cc1ccc(C(=O)NC(C)CC(C)C)c(F)c1. The van der Waals surface area contributed by atoms with Gasteiger partial charge in [0.15, 0.2) is 0 Å².